The van der Waals surface area contributed by atoms with Gasteiger partial charge in [0.15, 0.2) is 5.82 Å². The molecule has 0 spiro atoms. The second kappa shape index (κ2) is 7.99. The Kier molecular flexibility index (Phi) is 5.51. The van der Waals surface area contributed by atoms with Crippen LogP contribution in [0, 0.1) is 5.82 Å². The number of aromatic nitrogens is 3. The SMILES string of the molecule is CCCCN(CC)C(=O)c1cnn(-c2ccc(F)cc2)c1-n1cccc1. The van der Waals surface area contributed by atoms with Gasteiger partial charge in [-0.15, -0.1) is 0 Å². The first-order valence-corrected chi connectivity index (χ1v) is 8.92. The van der Waals surface area contributed by atoms with Gasteiger partial charge in [0.05, 0.1) is 11.9 Å². The van der Waals surface area contributed by atoms with Gasteiger partial charge >= 0.3 is 0 Å². The van der Waals surface area contributed by atoms with Crippen LogP contribution in [0.3, 0.4) is 0 Å². The topological polar surface area (TPSA) is 43.1 Å². The molecule has 3 aromatic rings. The zero-order chi connectivity index (χ0) is 18.5. The summed E-state index contributed by atoms with van der Waals surface area (Å²) in [5.74, 6) is 0.302. The Hall–Kier alpha value is -2.89. The quantitative estimate of drug-likeness (QED) is 0.642. The lowest BCUT2D eigenvalue weighted by Crippen LogP contribution is -2.32. The van der Waals surface area contributed by atoms with Crippen molar-refractivity contribution >= 4 is 5.91 Å². The number of unbranched alkanes of at least 4 members (excludes halogenated alkanes) is 1. The molecule has 0 fully saturated rings. The molecule has 2 heterocycles. The van der Waals surface area contributed by atoms with E-state index in [-0.39, 0.29) is 11.7 Å². The van der Waals surface area contributed by atoms with Gasteiger partial charge in [-0.1, -0.05) is 13.3 Å². The lowest BCUT2D eigenvalue weighted by molar-refractivity contribution is 0.0762. The minimum absolute atomic E-state index is 0.0435. The predicted octanol–water partition coefficient (Wildman–Crippen LogP) is 4.06. The van der Waals surface area contributed by atoms with E-state index in [9.17, 15) is 9.18 Å². The summed E-state index contributed by atoms with van der Waals surface area (Å²) in [4.78, 5) is 14.9. The molecule has 5 nitrogen and oxygen atoms in total. The molecule has 0 bridgehead atoms. The standard InChI is InChI=1S/C20H23FN4O/c1-3-5-12-23(4-2)20(26)18-15-22-25(17-10-8-16(21)9-11-17)19(18)24-13-6-7-14-24/h6-11,13-15H,3-5,12H2,1-2H3. The molecule has 0 atom stereocenters. The Labute approximate surface area is 152 Å². The maximum Gasteiger partial charge on any atom is 0.259 e. The third kappa shape index (κ3) is 3.54. The van der Waals surface area contributed by atoms with Crippen LogP contribution in [0.4, 0.5) is 4.39 Å². The van der Waals surface area contributed by atoms with Gasteiger partial charge in [-0.2, -0.15) is 5.10 Å². The molecule has 3 rings (SSSR count). The molecule has 0 aliphatic heterocycles. The zero-order valence-electron chi connectivity index (χ0n) is 15.1. The van der Waals surface area contributed by atoms with Crippen LogP contribution >= 0.6 is 0 Å². The number of nitrogens with zero attached hydrogens (tertiary/aromatic N) is 4. The molecule has 1 aromatic carbocycles. The highest BCUT2D eigenvalue weighted by molar-refractivity contribution is 5.97. The summed E-state index contributed by atoms with van der Waals surface area (Å²) >= 11 is 0. The number of carbonyl (C=O) groups excluding carboxylic acids is 1. The molecule has 0 unspecified atom stereocenters. The fraction of sp³-hybridized carbons (Fsp3) is 0.300. The molecular weight excluding hydrogens is 331 g/mol. The third-order valence-corrected chi connectivity index (χ3v) is 4.34. The van der Waals surface area contributed by atoms with Crippen molar-refractivity contribution in [1.82, 2.24) is 19.2 Å². The lowest BCUT2D eigenvalue weighted by Gasteiger charge is -2.21. The molecule has 0 saturated carbocycles. The van der Waals surface area contributed by atoms with Crippen LogP contribution < -0.4 is 0 Å². The predicted molar refractivity (Wildman–Crippen MR) is 99.3 cm³/mol. The van der Waals surface area contributed by atoms with Crippen LogP contribution in [0.25, 0.3) is 11.5 Å². The van der Waals surface area contributed by atoms with Crippen molar-refractivity contribution in [3.63, 3.8) is 0 Å². The van der Waals surface area contributed by atoms with E-state index in [0.717, 1.165) is 19.4 Å². The van der Waals surface area contributed by atoms with E-state index in [1.165, 1.54) is 12.1 Å². The van der Waals surface area contributed by atoms with Crippen LogP contribution in [0.2, 0.25) is 0 Å². The third-order valence-electron chi connectivity index (χ3n) is 4.34. The van der Waals surface area contributed by atoms with Crippen LogP contribution in [0.15, 0.2) is 55.0 Å². The van der Waals surface area contributed by atoms with E-state index in [1.54, 1.807) is 23.0 Å². The minimum atomic E-state index is -0.309. The largest absolute Gasteiger partial charge is 0.339 e. The van der Waals surface area contributed by atoms with Crippen molar-refractivity contribution in [2.45, 2.75) is 26.7 Å². The summed E-state index contributed by atoms with van der Waals surface area (Å²) in [7, 11) is 0. The molecule has 0 N–H and O–H groups in total. The van der Waals surface area contributed by atoms with Gasteiger partial charge in [-0.05, 0) is 49.7 Å². The number of carbonyl (C=O) groups is 1. The maximum atomic E-state index is 13.3. The van der Waals surface area contributed by atoms with Crippen molar-refractivity contribution in [3.05, 3.63) is 66.4 Å². The first kappa shape index (κ1) is 17.9. The van der Waals surface area contributed by atoms with Crippen molar-refractivity contribution in [2.24, 2.45) is 0 Å². The van der Waals surface area contributed by atoms with Crippen LogP contribution in [0.5, 0.6) is 0 Å². The number of halogens is 1. The minimum Gasteiger partial charge on any atom is -0.339 e. The van der Waals surface area contributed by atoms with E-state index < -0.39 is 0 Å². The van der Waals surface area contributed by atoms with Gasteiger partial charge in [-0.3, -0.25) is 4.79 Å². The summed E-state index contributed by atoms with van der Waals surface area (Å²) in [5, 5.41) is 4.42. The Balaban J connectivity index is 2.06. The van der Waals surface area contributed by atoms with Crippen molar-refractivity contribution in [3.8, 4) is 11.5 Å². The van der Waals surface area contributed by atoms with E-state index in [2.05, 4.69) is 12.0 Å². The number of hydrogen-bond acceptors (Lipinski definition) is 2. The highest BCUT2D eigenvalue weighted by atomic mass is 19.1. The molecule has 1 amide bonds. The van der Waals surface area contributed by atoms with E-state index in [0.29, 0.717) is 23.6 Å². The van der Waals surface area contributed by atoms with Crippen molar-refractivity contribution < 1.29 is 9.18 Å². The van der Waals surface area contributed by atoms with Gasteiger partial charge in [0.1, 0.15) is 11.4 Å². The summed E-state index contributed by atoms with van der Waals surface area (Å²) in [6, 6.07) is 9.86. The van der Waals surface area contributed by atoms with Gasteiger partial charge in [-0.25, -0.2) is 9.07 Å². The number of rotatable bonds is 7. The number of amides is 1. The Morgan fingerprint density at radius 3 is 2.46 bits per heavy atom. The molecule has 0 aliphatic carbocycles. The summed E-state index contributed by atoms with van der Waals surface area (Å²) in [5.41, 5.74) is 1.23. The normalized spacial score (nSPS) is 10.9. The fourth-order valence-electron chi connectivity index (χ4n) is 2.91. The highest BCUT2D eigenvalue weighted by Crippen LogP contribution is 2.21. The monoisotopic (exact) mass is 354 g/mol. The van der Waals surface area contributed by atoms with Gasteiger partial charge < -0.3 is 9.47 Å². The molecule has 0 radical (unpaired) electrons. The number of hydrogen-bond donors (Lipinski definition) is 0. The van der Waals surface area contributed by atoms with E-state index >= 15 is 0 Å². The lowest BCUT2D eigenvalue weighted by atomic mass is 10.2. The summed E-state index contributed by atoms with van der Waals surface area (Å²) < 4.78 is 16.8. The molecule has 26 heavy (non-hydrogen) atoms. The second-order valence-corrected chi connectivity index (χ2v) is 6.10. The average Bonchev–Trinajstić information content (AvgIpc) is 3.32. The molecular formula is C20H23FN4O. The molecule has 6 heteroatoms. The van der Waals surface area contributed by atoms with E-state index in [1.807, 2.05) is 40.9 Å². The highest BCUT2D eigenvalue weighted by Gasteiger charge is 2.23. The van der Waals surface area contributed by atoms with Crippen LogP contribution in [0.1, 0.15) is 37.0 Å². The summed E-state index contributed by atoms with van der Waals surface area (Å²) in [6.45, 7) is 5.45. The van der Waals surface area contributed by atoms with Gasteiger partial charge in [0, 0.05) is 25.5 Å². The van der Waals surface area contributed by atoms with Gasteiger partial charge in [0.25, 0.3) is 5.91 Å². The van der Waals surface area contributed by atoms with Gasteiger partial charge in [0.2, 0.25) is 0 Å². The summed E-state index contributed by atoms with van der Waals surface area (Å²) in [6.07, 6.45) is 7.33. The molecule has 0 saturated heterocycles. The molecule has 136 valence electrons. The second-order valence-electron chi connectivity index (χ2n) is 6.10. The Morgan fingerprint density at radius 1 is 1.15 bits per heavy atom. The van der Waals surface area contributed by atoms with Crippen LogP contribution in [-0.4, -0.2) is 38.2 Å². The first-order chi connectivity index (χ1) is 12.7. The van der Waals surface area contributed by atoms with E-state index in [4.69, 9.17) is 0 Å². The maximum absolute atomic E-state index is 13.3. The Morgan fingerprint density at radius 2 is 1.85 bits per heavy atom. The zero-order valence-corrected chi connectivity index (χ0v) is 15.1. The Bertz CT molecular complexity index is 853. The van der Waals surface area contributed by atoms with Crippen molar-refractivity contribution in [1.29, 1.82) is 0 Å². The first-order valence-electron chi connectivity index (χ1n) is 8.92. The smallest absolute Gasteiger partial charge is 0.259 e. The van der Waals surface area contributed by atoms with Crippen molar-refractivity contribution in [2.75, 3.05) is 13.1 Å². The average molecular weight is 354 g/mol. The fourth-order valence-corrected chi connectivity index (χ4v) is 2.91. The molecule has 0 aliphatic rings. The molecule has 2 aromatic heterocycles. The van der Waals surface area contributed by atoms with Crippen LogP contribution in [-0.2, 0) is 0 Å². The number of benzene rings is 1.